The molecule has 0 heterocycles. The summed E-state index contributed by atoms with van der Waals surface area (Å²) in [7, 11) is 1.35. The molecule has 0 aromatic carbocycles. The molecule has 0 aliphatic heterocycles. The predicted octanol–water partition coefficient (Wildman–Crippen LogP) is 2.16. The third kappa shape index (κ3) is 3.87. The van der Waals surface area contributed by atoms with Gasteiger partial charge in [0, 0.05) is 13.1 Å². The third-order valence-corrected chi connectivity index (χ3v) is 2.83. The number of nitrogens with zero attached hydrogens (tertiary/aromatic N) is 1. The van der Waals surface area contributed by atoms with Crippen LogP contribution in [0.5, 0.6) is 0 Å². The standard InChI is InChI=1S/C11H21F3N2O/c1-7(2)6-8(3)16(5)9(17)10(4,15)11(12,13)14/h7-8H,6,15H2,1-5H3. The predicted molar refractivity (Wildman–Crippen MR) is 60.3 cm³/mol. The summed E-state index contributed by atoms with van der Waals surface area (Å²) in [4.78, 5) is 12.8. The topological polar surface area (TPSA) is 46.3 Å². The van der Waals surface area contributed by atoms with Crippen molar-refractivity contribution in [2.45, 2.75) is 51.9 Å². The SMILES string of the molecule is CC(C)CC(C)N(C)C(=O)C(C)(N)C(F)(F)F. The van der Waals surface area contributed by atoms with Gasteiger partial charge in [-0.1, -0.05) is 13.8 Å². The Bertz CT molecular complexity index is 274. The molecule has 1 amide bonds. The molecule has 0 spiro atoms. The van der Waals surface area contributed by atoms with Crippen LogP contribution in [0.2, 0.25) is 0 Å². The summed E-state index contributed by atoms with van der Waals surface area (Å²) in [5.74, 6) is -0.798. The fourth-order valence-corrected chi connectivity index (χ4v) is 1.53. The number of hydrogen-bond acceptors (Lipinski definition) is 2. The van der Waals surface area contributed by atoms with Gasteiger partial charge in [0.25, 0.3) is 5.91 Å². The molecule has 6 heteroatoms. The highest BCUT2D eigenvalue weighted by Gasteiger charge is 2.55. The summed E-state index contributed by atoms with van der Waals surface area (Å²) in [5, 5.41) is 0. The summed E-state index contributed by atoms with van der Waals surface area (Å²) < 4.78 is 37.8. The lowest BCUT2D eigenvalue weighted by Crippen LogP contribution is -2.62. The van der Waals surface area contributed by atoms with Gasteiger partial charge < -0.3 is 10.6 Å². The average molecular weight is 254 g/mol. The first-order valence-electron chi connectivity index (χ1n) is 5.54. The molecule has 0 aliphatic carbocycles. The number of alkyl halides is 3. The van der Waals surface area contributed by atoms with Gasteiger partial charge in [0.15, 0.2) is 5.54 Å². The maximum Gasteiger partial charge on any atom is 0.415 e. The highest BCUT2D eigenvalue weighted by Crippen LogP contribution is 2.30. The van der Waals surface area contributed by atoms with Crippen molar-refractivity contribution in [1.82, 2.24) is 4.90 Å². The van der Waals surface area contributed by atoms with Crippen molar-refractivity contribution in [1.29, 1.82) is 0 Å². The van der Waals surface area contributed by atoms with Crippen LogP contribution >= 0.6 is 0 Å². The van der Waals surface area contributed by atoms with Crippen LogP contribution in [0, 0.1) is 5.92 Å². The normalized spacial score (nSPS) is 17.8. The van der Waals surface area contributed by atoms with E-state index in [1.165, 1.54) is 7.05 Å². The first-order valence-corrected chi connectivity index (χ1v) is 5.54. The number of carbonyl (C=O) groups is 1. The molecule has 2 atom stereocenters. The molecule has 0 radical (unpaired) electrons. The van der Waals surface area contributed by atoms with Gasteiger partial charge in [0.2, 0.25) is 0 Å². The van der Waals surface area contributed by atoms with Gasteiger partial charge >= 0.3 is 6.18 Å². The van der Waals surface area contributed by atoms with E-state index in [4.69, 9.17) is 5.73 Å². The van der Waals surface area contributed by atoms with Crippen molar-refractivity contribution in [3.05, 3.63) is 0 Å². The molecule has 102 valence electrons. The van der Waals surface area contributed by atoms with Crippen LogP contribution in [0.3, 0.4) is 0 Å². The van der Waals surface area contributed by atoms with Crippen molar-refractivity contribution in [2.75, 3.05) is 7.05 Å². The monoisotopic (exact) mass is 254 g/mol. The summed E-state index contributed by atoms with van der Waals surface area (Å²) in [6, 6.07) is -0.271. The number of likely N-dealkylation sites (N-methyl/N-ethyl adjacent to an activating group) is 1. The second-order valence-electron chi connectivity index (χ2n) is 5.09. The van der Waals surface area contributed by atoms with Crippen LogP contribution in [-0.2, 0) is 4.79 Å². The zero-order valence-corrected chi connectivity index (χ0v) is 10.9. The Morgan fingerprint density at radius 2 is 1.71 bits per heavy atom. The molecule has 2 N–H and O–H groups in total. The molecule has 0 saturated heterocycles. The fraction of sp³-hybridized carbons (Fsp3) is 0.909. The number of halogens is 3. The number of nitrogens with two attached hydrogens (primary N) is 1. The minimum absolute atomic E-state index is 0.271. The van der Waals surface area contributed by atoms with Crippen molar-refractivity contribution in [2.24, 2.45) is 11.7 Å². The molecule has 17 heavy (non-hydrogen) atoms. The number of hydrogen-bond donors (Lipinski definition) is 1. The van der Waals surface area contributed by atoms with Gasteiger partial charge in [-0.25, -0.2) is 0 Å². The molecule has 0 bridgehead atoms. The lowest BCUT2D eigenvalue weighted by Gasteiger charge is -2.34. The van der Waals surface area contributed by atoms with Crippen LogP contribution in [0.25, 0.3) is 0 Å². The van der Waals surface area contributed by atoms with E-state index in [9.17, 15) is 18.0 Å². The third-order valence-electron chi connectivity index (χ3n) is 2.83. The summed E-state index contributed by atoms with van der Waals surface area (Å²) >= 11 is 0. The second kappa shape index (κ2) is 5.25. The Hall–Kier alpha value is -0.780. The highest BCUT2D eigenvalue weighted by molar-refractivity contribution is 5.86. The zero-order chi connectivity index (χ0) is 14.0. The van der Waals surface area contributed by atoms with E-state index >= 15 is 0 Å². The zero-order valence-electron chi connectivity index (χ0n) is 10.9. The molecular formula is C11H21F3N2O. The Labute approximate surface area is 100 Å². The largest absolute Gasteiger partial charge is 0.415 e. The molecule has 2 unspecified atom stereocenters. The molecule has 0 fully saturated rings. The molecule has 0 aromatic rings. The van der Waals surface area contributed by atoms with Crippen LogP contribution in [-0.4, -0.2) is 35.6 Å². The van der Waals surface area contributed by atoms with E-state index in [1.807, 2.05) is 13.8 Å². The van der Waals surface area contributed by atoms with E-state index < -0.39 is 17.6 Å². The number of carbonyl (C=O) groups excluding carboxylic acids is 1. The number of amides is 1. The quantitative estimate of drug-likeness (QED) is 0.835. The smallest absolute Gasteiger partial charge is 0.341 e. The average Bonchev–Trinajstić information content (AvgIpc) is 2.12. The van der Waals surface area contributed by atoms with Crippen LogP contribution in [0.4, 0.5) is 13.2 Å². The summed E-state index contributed by atoms with van der Waals surface area (Å²) in [6.45, 7) is 6.30. The molecule has 0 rings (SSSR count). The molecule has 0 saturated carbocycles. The summed E-state index contributed by atoms with van der Waals surface area (Å²) in [6.07, 6.45) is -4.11. The Kier molecular flexibility index (Phi) is 5.01. The maximum atomic E-state index is 12.6. The van der Waals surface area contributed by atoms with E-state index in [2.05, 4.69) is 0 Å². The van der Waals surface area contributed by atoms with Gasteiger partial charge in [0.05, 0.1) is 0 Å². The Morgan fingerprint density at radius 1 is 1.29 bits per heavy atom. The molecular weight excluding hydrogens is 233 g/mol. The van der Waals surface area contributed by atoms with Crippen molar-refractivity contribution in [3.63, 3.8) is 0 Å². The minimum Gasteiger partial charge on any atom is -0.341 e. The van der Waals surface area contributed by atoms with Gasteiger partial charge in [-0.05, 0) is 26.2 Å². The molecule has 0 aromatic heterocycles. The van der Waals surface area contributed by atoms with Crippen LogP contribution in [0.15, 0.2) is 0 Å². The first kappa shape index (κ1) is 16.2. The van der Waals surface area contributed by atoms with Gasteiger partial charge in [-0.15, -0.1) is 0 Å². The van der Waals surface area contributed by atoms with Gasteiger partial charge in [0.1, 0.15) is 0 Å². The number of rotatable bonds is 4. The van der Waals surface area contributed by atoms with Crippen molar-refractivity contribution >= 4 is 5.91 Å². The van der Waals surface area contributed by atoms with Gasteiger partial charge in [-0.3, -0.25) is 4.79 Å². The van der Waals surface area contributed by atoms with E-state index in [0.717, 1.165) is 4.90 Å². The van der Waals surface area contributed by atoms with Crippen LogP contribution < -0.4 is 5.73 Å². The van der Waals surface area contributed by atoms with Crippen molar-refractivity contribution < 1.29 is 18.0 Å². The Balaban J connectivity index is 4.82. The highest BCUT2D eigenvalue weighted by atomic mass is 19.4. The summed E-state index contributed by atoms with van der Waals surface area (Å²) in [5.41, 5.74) is 2.26. The van der Waals surface area contributed by atoms with Crippen LogP contribution in [0.1, 0.15) is 34.1 Å². The van der Waals surface area contributed by atoms with Crippen molar-refractivity contribution in [3.8, 4) is 0 Å². The first-order chi connectivity index (χ1) is 7.41. The lowest BCUT2D eigenvalue weighted by atomic mass is 9.98. The minimum atomic E-state index is -4.74. The molecule has 0 aliphatic rings. The fourth-order valence-electron chi connectivity index (χ4n) is 1.53. The second-order valence-corrected chi connectivity index (χ2v) is 5.09. The maximum absolute atomic E-state index is 12.6. The van der Waals surface area contributed by atoms with E-state index in [0.29, 0.717) is 19.3 Å². The van der Waals surface area contributed by atoms with Gasteiger partial charge in [-0.2, -0.15) is 13.2 Å². The molecule has 3 nitrogen and oxygen atoms in total. The van der Waals surface area contributed by atoms with E-state index in [-0.39, 0.29) is 6.04 Å². The lowest BCUT2D eigenvalue weighted by molar-refractivity contribution is -0.194. The van der Waals surface area contributed by atoms with E-state index in [1.54, 1.807) is 6.92 Å². The Morgan fingerprint density at radius 3 is 2.00 bits per heavy atom.